The first-order chi connectivity index (χ1) is 9.22. The third-order valence-corrected chi connectivity index (χ3v) is 4.32. The smallest absolute Gasteiger partial charge is 0.245 e. The molecule has 1 aliphatic carbocycles. The molecule has 1 amide bonds. The van der Waals surface area contributed by atoms with Gasteiger partial charge in [-0.15, -0.1) is 0 Å². The average molecular weight is 258 g/mol. The number of rotatable bonds is 4. The largest absolute Gasteiger partial charge is 0.322 e. The van der Waals surface area contributed by atoms with Crippen LogP contribution in [0.3, 0.4) is 0 Å². The lowest BCUT2D eigenvalue weighted by molar-refractivity contribution is -0.130. The number of amides is 1. The molecule has 1 heterocycles. The number of carbonyl (C=O) groups is 1. The van der Waals surface area contributed by atoms with E-state index in [1.807, 2.05) is 30.3 Å². The van der Waals surface area contributed by atoms with Crippen LogP contribution in [0.4, 0.5) is 0 Å². The predicted molar refractivity (Wildman–Crippen MR) is 75.4 cm³/mol. The average Bonchev–Trinajstić information content (AvgIpc) is 3.04. The molecule has 102 valence electrons. The van der Waals surface area contributed by atoms with Crippen LogP contribution in [0.25, 0.3) is 0 Å². The van der Waals surface area contributed by atoms with Gasteiger partial charge in [-0.05, 0) is 24.3 Å². The van der Waals surface area contributed by atoms with Crippen molar-refractivity contribution in [3.8, 4) is 0 Å². The van der Waals surface area contributed by atoms with Gasteiger partial charge in [-0.1, -0.05) is 50.6 Å². The molecule has 4 atom stereocenters. The van der Waals surface area contributed by atoms with Gasteiger partial charge in [0.2, 0.25) is 5.91 Å². The van der Waals surface area contributed by atoms with Gasteiger partial charge < -0.3 is 4.90 Å². The zero-order chi connectivity index (χ0) is 13.4. The summed E-state index contributed by atoms with van der Waals surface area (Å²) in [6, 6.07) is 10.4. The van der Waals surface area contributed by atoms with E-state index in [0.29, 0.717) is 12.0 Å². The van der Waals surface area contributed by atoms with Crippen molar-refractivity contribution in [2.75, 3.05) is 0 Å². The van der Waals surface area contributed by atoms with Gasteiger partial charge in [-0.2, -0.15) is 0 Å². The quantitative estimate of drug-likeness (QED) is 0.900. The van der Waals surface area contributed by atoms with Crippen molar-refractivity contribution in [1.82, 2.24) is 10.2 Å². The summed E-state index contributed by atoms with van der Waals surface area (Å²) in [5, 5.41) is 3.53. The Kier molecular flexibility index (Phi) is 3.31. The lowest BCUT2D eigenvalue weighted by Gasteiger charge is -2.24. The van der Waals surface area contributed by atoms with E-state index < -0.39 is 0 Å². The summed E-state index contributed by atoms with van der Waals surface area (Å²) in [4.78, 5) is 14.8. The maximum Gasteiger partial charge on any atom is 0.245 e. The topological polar surface area (TPSA) is 32.3 Å². The molecule has 0 radical (unpaired) electrons. The minimum absolute atomic E-state index is 0.148. The highest BCUT2D eigenvalue weighted by Crippen LogP contribution is 2.40. The Hall–Kier alpha value is -1.35. The van der Waals surface area contributed by atoms with E-state index >= 15 is 0 Å². The van der Waals surface area contributed by atoms with Crippen molar-refractivity contribution in [3.63, 3.8) is 0 Å². The molecule has 4 unspecified atom stereocenters. The van der Waals surface area contributed by atoms with E-state index in [4.69, 9.17) is 0 Å². The number of hydrogen-bond donors (Lipinski definition) is 1. The van der Waals surface area contributed by atoms with Crippen molar-refractivity contribution < 1.29 is 4.79 Å². The first kappa shape index (κ1) is 12.7. The molecule has 3 rings (SSSR count). The number of benzene rings is 1. The van der Waals surface area contributed by atoms with E-state index in [0.717, 1.165) is 24.8 Å². The van der Waals surface area contributed by atoms with Crippen LogP contribution in [0, 0.1) is 5.92 Å². The minimum atomic E-state index is -0.148. The van der Waals surface area contributed by atoms with Crippen LogP contribution in [0.5, 0.6) is 0 Å². The van der Waals surface area contributed by atoms with Gasteiger partial charge in [0, 0.05) is 6.04 Å². The normalized spacial score (nSPS) is 33.8. The third-order valence-electron chi connectivity index (χ3n) is 4.32. The lowest BCUT2D eigenvalue weighted by Crippen LogP contribution is -2.39. The Morgan fingerprint density at radius 3 is 2.58 bits per heavy atom. The summed E-state index contributed by atoms with van der Waals surface area (Å²) in [6.45, 7) is 4.41. The Balaban J connectivity index is 1.83. The van der Waals surface area contributed by atoms with Crippen molar-refractivity contribution in [3.05, 3.63) is 35.9 Å². The van der Waals surface area contributed by atoms with Gasteiger partial charge in [-0.3, -0.25) is 10.1 Å². The molecular formula is C16H22N2O. The number of nitrogens with zero attached hydrogens (tertiary/aromatic N) is 1. The van der Waals surface area contributed by atoms with E-state index in [1.54, 1.807) is 0 Å². The molecule has 1 N–H and O–H groups in total. The molecule has 1 aromatic carbocycles. The Morgan fingerprint density at radius 1 is 1.32 bits per heavy atom. The molecule has 0 aromatic heterocycles. The first-order valence-corrected chi connectivity index (χ1v) is 7.35. The molecule has 1 saturated heterocycles. The molecule has 3 heteroatoms. The summed E-state index contributed by atoms with van der Waals surface area (Å²) < 4.78 is 0. The van der Waals surface area contributed by atoms with Gasteiger partial charge in [0.05, 0.1) is 6.17 Å². The standard InChI is InChI=1S/C16H22N2O/c1-3-7-14-17-15(12-8-5-4-6-9-12)16(19)18(14)13-10-11(13)2/h4-6,8-9,11,13-15,17H,3,7,10H2,1-2H3. The van der Waals surface area contributed by atoms with Gasteiger partial charge in [-0.25, -0.2) is 0 Å². The summed E-state index contributed by atoms with van der Waals surface area (Å²) >= 11 is 0. The zero-order valence-electron chi connectivity index (χ0n) is 11.7. The molecule has 1 aliphatic heterocycles. The molecule has 2 fully saturated rings. The molecule has 2 aliphatic rings. The van der Waals surface area contributed by atoms with Crippen molar-refractivity contribution in [1.29, 1.82) is 0 Å². The first-order valence-electron chi connectivity index (χ1n) is 7.35. The lowest BCUT2D eigenvalue weighted by atomic mass is 10.1. The molecular weight excluding hydrogens is 236 g/mol. The fraction of sp³-hybridized carbons (Fsp3) is 0.562. The number of nitrogens with one attached hydrogen (secondary N) is 1. The van der Waals surface area contributed by atoms with E-state index in [9.17, 15) is 4.79 Å². The highest BCUT2D eigenvalue weighted by molar-refractivity contribution is 5.86. The van der Waals surface area contributed by atoms with Gasteiger partial charge in [0.25, 0.3) is 0 Å². The van der Waals surface area contributed by atoms with Gasteiger partial charge in [0.15, 0.2) is 0 Å². The van der Waals surface area contributed by atoms with Crippen molar-refractivity contribution in [2.24, 2.45) is 5.92 Å². The minimum Gasteiger partial charge on any atom is -0.322 e. The van der Waals surface area contributed by atoms with E-state index in [2.05, 4.69) is 24.1 Å². The SMILES string of the molecule is CCCC1NC(c2ccccc2)C(=O)N1C1CC1C. The molecule has 0 spiro atoms. The van der Waals surface area contributed by atoms with Gasteiger partial charge >= 0.3 is 0 Å². The zero-order valence-corrected chi connectivity index (χ0v) is 11.7. The molecule has 3 nitrogen and oxygen atoms in total. The van der Waals surface area contributed by atoms with Crippen LogP contribution in [-0.4, -0.2) is 23.0 Å². The third kappa shape index (κ3) is 2.27. The Morgan fingerprint density at radius 2 is 2.00 bits per heavy atom. The van der Waals surface area contributed by atoms with Crippen molar-refractivity contribution >= 4 is 5.91 Å². The number of carbonyl (C=O) groups excluding carboxylic acids is 1. The number of hydrogen-bond acceptors (Lipinski definition) is 2. The highest BCUT2D eigenvalue weighted by atomic mass is 16.2. The summed E-state index contributed by atoms with van der Waals surface area (Å²) in [6.07, 6.45) is 3.52. The molecule has 19 heavy (non-hydrogen) atoms. The Bertz CT molecular complexity index is 459. The highest BCUT2D eigenvalue weighted by Gasteiger charge is 2.49. The second-order valence-corrected chi connectivity index (χ2v) is 5.84. The Labute approximate surface area is 115 Å². The maximum absolute atomic E-state index is 12.7. The van der Waals surface area contributed by atoms with Gasteiger partial charge in [0.1, 0.15) is 6.04 Å². The molecule has 1 saturated carbocycles. The summed E-state index contributed by atoms with van der Waals surface area (Å²) in [7, 11) is 0. The fourth-order valence-electron chi connectivity index (χ4n) is 3.11. The van der Waals surface area contributed by atoms with Crippen LogP contribution in [-0.2, 0) is 4.79 Å². The summed E-state index contributed by atoms with van der Waals surface area (Å²) in [5.41, 5.74) is 1.09. The van der Waals surface area contributed by atoms with E-state index in [-0.39, 0.29) is 18.1 Å². The van der Waals surface area contributed by atoms with Crippen LogP contribution >= 0.6 is 0 Å². The maximum atomic E-state index is 12.7. The summed E-state index contributed by atoms with van der Waals surface area (Å²) in [5.74, 6) is 0.929. The van der Waals surface area contributed by atoms with Crippen LogP contribution < -0.4 is 5.32 Å². The van der Waals surface area contributed by atoms with Crippen LogP contribution in [0.1, 0.15) is 44.7 Å². The predicted octanol–water partition coefficient (Wildman–Crippen LogP) is 2.69. The molecule has 1 aromatic rings. The van der Waals surface area contributed by atoms with Crippen LogP contribution in [0.15, 0.2) is 30.3 Å². The van der Waals surface area contributed by atoms with Crippen LogP contribution in [0.2, 0.25) is 0 Å². The van der Waals surface area contributed by atoms with Crippen molar-refractivity contribution in [2.45, 2.75) is 51.4 Å². The molecule has 0 bridgehead atoms. The fourth-order valence-corrected chi connectivity index (χ4v) is 3.11. The monoisotopic (exact) mass is 258 g/mol. The second kappa shape index (κ2) is 4.97. The second-order valence-electron chi connectivity index (χ2n) is 5.84. The van der Waals surface area contributed by atoms with E-state index in [1.165, 1.54) is 0 Å².